The zero-order chi connectivity index (χ0) is 20.1. The van der Waals surface area contributed by atoms with Crippen LogP contribution in [-0.2, 0) is 16.1 Å². The summed E-state index contributed by atoms with van der Waals surface area (Å²) in [6, 6.07) is 3.71. The summed E-state index contributed by atoms with van der Waals surface area (Å²) in [5.41, 5.74) is 5.10. The summed E-state index contributed by atoms with van der Waals surface area (Å²) in [5, 5.41) is 2.51. The van der Waals surface area contributed by atoms with Gasteiger partial charge in [-0.25, -0.2) is 4.79 Å². The Bertz CT molecular complexity index is 861. The molecule has 0 aliphatic heterocycles. The van der Waals surface area contributed by atoms with Gasteiger partial charge in [0.2, 0.25) is 5.88 Å². The molecule has 2 amide bonds. The van der Waals surface area contributed by atoms with E-state index in [4.69, 9.17) is 26.5 Å². The molecule has 0 saturated heterocycles. The Balaban J connectivity index is 2.11. The van der Waals surface area contributed by atoms with Gasteiger partial charge in [0.05, 0.1) is 22.9 Å². The van der Waals surface area contributed by atoms with Gasteiger partial charge in [0.1, 0.15) is 23.4 Å². The van der Waals surface area contributed by atoms with Gasteiger partial charge in [-0.05, 0) is 26.0 Å². The molecule has 8 nitrogen and oxygen atoms in total. The topological polar surface area (TPSA) is 116 Å². The summed E-state index contributed by atoms with van der Waals surface area (Å²) in [7, 11) is 1.85. The average Bonchev–Trinajstić information content (AvgIpc) is 3.10. The predicted octanol–water partition coefficient (Wildman–Crippen LogP) is 1.23. The molecular weight excluding hydrogens is 394 g/mol. The monoisotopic (exact) mass is 414 g/mol. The number of carbonyl (C=O) groups is 3. The van der Waals surface area contributed by atoms with Crippen LogP contribution >= 0.6 is 22.9 Å². The van der Waals surface area contributed by atoms with Crippen LogP contribution in [0.3, 0.4) is 0 Å². The van der Waals surface area contributed by atoms with Crippen LogP contribution in [0.2, 0.25) is 4.34 Å². The Morgan fingerprint density at radius 1 is 1.33 bits per heavy atom. The largest absolute Gasteiger partial charge is 0.462 e. The Labute approximate surface area is 165 Å². The molecule has 10 heteroatoms. The van der Waals surface area contributed by atoms with E-state index < -0.39 is 11.9 Å². The number of aryl methyl sites for hydroxylation is 1. The first kappa shape index (κ1) is 20.9. The summed E-state index contributed by atoms with van der Waals surface area (Å²) in [5.74, 6) is -2.02. The highest BCUT2D eigenvalue weighted by atomic mass is 35.5. The number of nitrogens with two attached hydrogens (primary N) is 1. The molecule has 2 aromatic rings. The number of esters is 1. The predicted molar refractivity (Wildman–Crippen MR) is 101 cm³/mol. The standard InChI is InChI=1S/C17H20ClN3O5S/c1-4-25-17(24)13-9(2)26-16(14(13)15(19)23)20-12(22)8-21(3)7-10-5-6-11(18)27-10/h5-6H,4,7-8H2,1-3H3,(H2,19,23)(H,20,22)/p+1. The minimum absolute atomic E-state index is 0.0754. The van der Waals surface area contributed by atoms with Crippen LogP contribution in [0.25, 0.3) is 0 Å². The van der Waals surface area contributed by atoms with Crippen LogP contribution < -0.4 is 16.0 Å². The van der Waals surface area contributed by atoms with Gasteiger partial charge in [-0.15, -0.1) is 11.3 Å². The van der Waals surface area contributed by atoms with Gasteiger partial charge < -0.3 is 19.8 Å². The maximum Gasteiger partial charge on any atom is 0.342 e. The highest BCUT2D eigenvalue weighted by Crippen LogP contribution is 2.27. The number of anilines is 1. The Morgan fingerprint density at radius 2 is 2.04 bits per heavy atom. The number of likely N-dealkylation sites (N-methyl/N-ethyl adjacent to an activating group) is 1. The van der Waals surface area contributed by atoms with E-state index in [1.54, 1.807) is 13.0 Å². The smallest absolute Gasteiger partial charge is 0.342 e. The number of hydrogen-bond acceptors (Lipinski definition) is 6. The van der Waals surface area contributed by atoms with E-state index in [2.05, 4.69) is 5.32 Å². The molecule has 27 heavy (non-hydrogen) atoms. The van der Waals surface area contributed by atoms with E-state index in [0.29, 0.717) is 10.9 Å². The van der Waals surface area contributed by atoms with Gasteiger partial charge in [0, 0.05) is 0 Å². The first-order valence-corrected chi connectivity index (χ1v) is 9.38. The fraction of sp³-hybridized carbons (Fsp3) is 0.353. The minimum atomic E-state index is -0.890. The number of thiophene rings is 1. The second-order valence-corrected chi connectivity index (χ2v) is 7.69. The van der Waals surface area contributed by atoms with Crippen molar-refractivity contribution in [1.29, 1.82) is 0 Å². The molecule has 4 N–H and O–H groups in total. The summed E-state index contributed by atoms with van der Waals surface area (Å²) in [6.45, 7) is 3.98. The maximum atomic E-state index is 12.3. The Morgan fingerprint density at radius 3 is 2.59 bits per heavy atom. The van der Waals surface area contributed by atoms with Gasteiger partial charge >= 0.3 is 5.97 Å². The van der Waals surface area contributed by atoms with Gasteiger partial charge in [-0.2, -0.15) is 0 Å². The lowest BCUT2D eigenvalue weighted by Crippen LogP contribution is -3.08. The molecule has 0 aliphatic rings. The van der Waals surface area contributed by atoms with E-state index in [1.165, 1.54) is 18.3 Å². The molecule has 2 rings (SSSR count). The molecule has 1 atom stereocenters. The van der Waals surface area contributed by atoms with Gasteiger partial charge in [0.15, 0.2) is 6.54 Å². The number of ether oxygens (including phenoxy) is 1. The van der Waals surface area contributed by atoms with Crippen LogP contribution in [0.5, 0.6) is 0 Å². The van der Waals surface area contributed by atoms with Crippen LogP contribution in [0.4, 0.5) is 5.88 Å². The summed E-state index contributed by atoms with van der Waals surface area (Å²) in [4.78, 5) is 38.1. The molecule has 0 spiro atoms. The zero-order valence-electron chi connectivity index (χ0n) is 15.2. The third-order valence-electron chi connectivity index (χ3n) is 3.63. The number of carbonyl (C=O) groups excluding carboxylic acids is 3. The molecule has 0 radical (unpaired) electrons. The molecular formula is C17H21ClN3O5S+. The number of primary amides is 1. The van der Waals surface area contributed by atoms with Crippen molar-refractivity contribution in [3.63, 3.8) is 0 Å². The molecule has 0 aromatic carbocycles. The number of quaternary nitrogens is 1. The van der Waals surface area contributed by atoms with Crippen molar-refractivity contribution < 1.29 is 28.4 Å². The lowest BCUT2D eigenvalue weighted by Gasteiger charge is -2.12. The minimum Gasteiger partial charge on any atom is -0.462 e. The van der Waals surface area contributed by atoms with Gasteiger partial charge in [0.25, 0.3) is 11.8 Å². The normalized spacial score (nSPS) is 11.9. The number of halogens is 1. The lowest BCUT2D eigenvalue weighted by atomic mass is 10.1. The first-order valence-electron chi connectivity index (χ1n) is 8.18. The third-order valence-corrected chi connectivity index (χ3v) is 4.86. The summed E-state index contributed by atoms with van der Waals surface area (Å²) < 4.78 is 11.0. The van der Waals surface area contributed by atoms with Crippen molar-refractivity contribution in [2.24, 2.45) is 5.73 Å². The van der Waals surface area contributed by atoms with Crippen LogP contribution in [0.1, 0.15) is 38.3 Å². The number of hydrogen-bond donors (Lipinski definition) is 3. The molecule has 2 heterocycles. The molecule has 2 aromatic heterocycles. The second kappa shape index (κ2) is 9.03. The lowest BCUT2D eigenvalue weighted by molar-refractivity contribution is -0.884. The van der Waals surface area contributed by atoms with E-state index in [1.807, 2.05) is 13.1 Å². The van der Waals surface area contributed by atoms with E-state index in [-0.39, 0.29) is 41.8 Å². The zero-order valence-corrected chi connectivity index (χ0v) is 16.8. The number of nitrogens with one attached hydrogen (secondary N) is 2. The maximum absolute atomic E-state index is 12.3. The third kappa shape index (κ3) is 5.31. The molecule has 0 aliphatic carbocycles. The van der Waals surface area contributed by atoms with Gasteiger partial charge in [-0.3, -0.25) is 14.9 Å². The van der Waals surface area contributed by atoms with Crippen LogP contribution in [0, 0.1) is 6.92 Å². The quantitative estimate of drug-likeness (QED) is 0.562. The van der Waals surface area contributed by atoms with Crippen molar-refractivity contribution in [2.75, 3.05) is 25.5 Å². The Kier molecular flexibility index (Phi) is 7.00. The number of furan rings is 1. The first-order chi connectivity index (χ1) is 12.7. The molecule has 146 valence electrons. The van der Waals surface area contributed by atoms with Crippen molar-refractivity contribution in [3.05, 3.63) is 38.2 Å². The molecule has 0 saturated carbocycles. The summed E-state index contributed by atoms with van der Waals surface area (Å²) in [6.07, 6.45) is 0. The highest BCUT2D eigenvalue weighted by Gasteiger charge is 2.29. The van der Waals surface area contributed by atoms with Crippen molar-refractivity contribution in [1.82, 2.24) is 0 Å². The van der Waals surface area contributed by atoms with E-state index >= 15 is 0 Å². The van der Waals surface area contributed by atoms with E-state index in [0.717, 1.165) is 9.78 Å². The van der Waals surface area contributed by atoms with Crippen molar-refractivity contribution >= 4 is 46.6 Å². The van der Waals surface area contributed by atoms with Crippen LogP contribution in [0.15, 0.2) is 16.5 Å². The number of amides is 2. The van der Waals surface area contributed by atoms with E-state index in [9.17, 15) is 14.4 Å². The van der Waals surface area contributed by atoms with Crippen LogP contribution in [-0.4, -0.2) is 38.0 Å². The number of rotatable bonds is 8. The second-order valence-electron chi connectivity index (χ2n) is 5.89. The van der Waals surface area contributed by atoms with Crippen molar-refractivity contribution in [2.45, 2.75) is 20.4 Å². The molecule has 1 unspecified atom stereocenters. The SMILES string of the molecule is CCOC(=O)c1c(C)oc(NC(=O)C[NH+](C)Cc2ccc(Cl)s2)c1C(N)=O. The molecule has 0 bridgehead atoms. The fourth-order valence-electron chi connectivity index (χ4n) is 2.57. The summed E-state index contributed by atoms with van der Waals surface area (Å²) >= 11 is 7.35. The van der Waals surface area contributed by atoms with Crippen molar-refractivity contribution in [3.8, 4) is 0 Å². The fourth-order valence-corrected chi connectivity index (χ4v) is 3.77. The average molecular weight is 415 g/mol. The Hall–Kier alpha value is -2.36. The molecule has 0 fully saturated rings. The van der Waals surface area contributed by atoms with Gasteiger partial charge in [-0.1, -0.05) is 11.6 Å². The highest BCUT2D eigenvalue weighted by molar-refractivity contribution is 7.16.